The Bertz CT molecular complexity index is 423. The van der Waals surface area contributed by atoms with Crippen molar-refractivity contribution in [3.05, 3.63) is 0 Å². The van der Waals surface area contributed by atoms with Gasteiger partial charge in [0.05, 0.1) is 12.1 Å². The van der Waals surface area contributed by atoms with Crippen molar-refractivity contribution in [2.75, 3.05) is 19.1 Å². The Balaban J connectivity index is 2.77. The Morgan fingerprint density at radius 1 is 1.27 bits per heavy atom. The van der Waals surface area contributed by atoms with E-state index in [9.17, 15) is 4.79 Å². The predicted octanol–water partition coefficient (Wildman–Crippen LogP) is 4.13. The van der Waals surface area contributed by atoms with Crippen molar-refractivity contribution >= 4 is 30.9 Å². The van der Waals surface area contributed by atoms with E-state index in [-0.39, 0.29) is 22.3 Å². The second-order valence-electron chi connectivity index (χ2n) is 8.84. The fourth-order valence-corrected chi connectivity index (χ4v) is 4.32. The fourth-order valence-electron chi connectivity index (χ4n) is 2.42. The van der Waals surface area contributed by atoms with Gasteiger partial charge in [-0.1, -0.05) is 41.5 Å². The number of carbonyl (C=O) groups is 1. The van der Waals surface area contributed by atoms with Crippen molar-refractivity contribution in [1.82, 2.24) is 4.90 Å². The molecule has 0 aromatic carbocycles. The van der Waals surface area contributed by atoms with Gasteiger partial charge in [0.1, 0.15) is 6.29 Å². The Labute approximate surface area is 140 Å². The van der Waals surface area contributed by atoms with Gasteiger partial charge in [-0.3, -0.25) is 4.90 Å². The zero-order chi connectivity index (χ0) is 17.3. The van der Waals surface area contributed by atoms with Crippen LogP contribution >= 0.6 is 19.2 Å². The predicted molar refractivity (Wildman–Crippen MR) is 103 cm³/mol. The third kappa shape index (κ3) is 5.33. The van der Waals surface area contributed by atoms with E-state index in [1.807, 2.05) is 0 Å². The van der Waals surface area contributed by atoms with Crippen LogP contribution in [0.4, 0.5) is 0 Å². The first kappa shape index (κ1) is 20.2. The second kappa shape index (κ2) is 6.93. The summed E-state index contributed by atoms with van der Waals surface area (Å²) in [5.74, 6) is 0. The molecular formula is C17H34NO2PS. The smallest absolute Gasteiger partial charge is 0.137 e. The molecule has 0 aromatic heterocycles. The molecule has 2 atom stereocenters. The fraction of sp³-hybridized carbons (Fsp3) is 0.882. The minimum absolute atomic E-state index is 0.0741. The second-order valence-corrected chi connectivity index (χ2v) is 13.3. The first-order valence-electron chi connectivity index (χ1n) is 7.97. The molecule has 5 heteroatoms. The van der Waals surface area contributed by atoms with E-state index >= 15 is 0 Å². The molecule has 3 nitrogen and oxygen atoms in total. The van der Waals surface area contributed by atoms with Crippen LogP contribution in [-0.4, -0.2) is 52.6 Å². The molecule has 130 valence electrons. The molecular weight excluding hydrogens is 313 g/mol. The Morgan fingerprint density at radius 2 is 1.82 bits per heavy atom. The zero-order valence-electron chi connectivity index (χ0n) is 15.5. The van der Waals surface area contributed by atoms with Crippen molar-refractivity contribution in [3.8, 4) is 0 Å². The number of hydrogen-bond acceptors (Lipinski definition) is 2. The van der Waals surface area contributed by atoms with E-state index in [1.54, 1.807) is 0 Å². The number of carbonyl (C=O) groups excluding carboxylic acids is 1. The molecule has 0 spiro atoms. The Kier molecular flexibility index (Phi) is 6.34. The summed E-state index contributed by atoms with van der Waals surface area (Å²) in [6.07, 6.45) is 7.35. The third-order valence-corrected chi connectivity index (χ3v) is 8.52. The van der Waals surface area contributed by atoms with Crippen LogP contribution in [0.1, 0.15) is 54.4 Å². The molecule has 0 aliphatic carbocycles. The molecule has 1 heterocycles. The molecule has 1 fully saturated rings. The maximum absolute atomic E-state index is 11.5. The normalized spacial score (nSPS) is 25.3. The standard InChI is InChI=1S/C17H34NO2PS/c1-16(2,3)10-15(21)18-11-14(9-13(18)12-19)20-22(7,8)17(4,5)6/h12-14,21H,9-11H2,1-8H3/t13-,14+/m1/s1. The van der Waals surface area contributed by atoms with E-state index in [1.165, 1.54) is 0 Å². The van der Waals surface area contributed by atoms with Gasteiger partial charge in [-0.05, 0) is 30.8 Å². The monoisotopic (exact) mass is 347 g/mol. The van der Waals surface area contributed by atoms with Crippen LogP contribution in [0, 0.1) is 5.41 Å². The highest BCUT2D eigenvalue weighted by atomic mass is 32.3. The number of nitrogens with zero attached hydrogens (tertiary/aromatic N) is 1. The molecule has 1 aliphatic heterocycles. The van der Waals surface area contributed by atoms with Crippen molar-refractivity contribution in [3.63, 3.8) is 0 Å². The number of hydrogen-bond donors (Lipinski definition) is 0. The SMILES string of the molecule is CC(C)(C)CC(=P)N1C[C@@H](OS(C)(C)C(C)(C)C)C[C@@H]1C=O. The van der Waals surface area contributed by atoms with Gasteiger partial charge in [0.2, 0.25) is 0 Å². The van der Waals surface area contributed by atoms with Gasteiger partial charge in [-0.25, -0.2) is 0 Å². The highest BCUT2D eigenvalue weighted by molar-refractivity contribution is 8.29. The van der Waals surface area contributed by atoms with Crippen LogP contribution in [0.3, 0.4) is 0 Å². The van der Waals surface area contributed by atoms with E-state index in [0.717, 1.165) is 31.1 Å². The average molecular weight is 348 g/mol. The zero-order valence-corrected chi connectivity index (χ0v) is 17.3. The van der Waals surface area contributed by atoms with E-state index in [0.29, 0.717) is 0 Å². The maximum atomic E-state index is 11.5. The van der Waals surface area contributed by atoms with Crippen LogP contribution in [0.15, 0.2) is 0 Å². The van der Waals surface area contributed by atoms with Crippen LogP contribution < -0.4 is 0 Å². The largest absolute Gasteiger partial charge is 0.332 e. The molecule has 0 bridgehead atoms. The van der Waals surface area contributed by atoms with Gasteiger partial charge in [0, 0.05) is 16.7 Å². The van der Waals surface area contributed by atoms with Gasteiger partial charge in [0.15, 0.2) is 0 Å². The van der Waals surface area contributed by atoms with Crippen molar-refractivity contribution in [2.45, 2.75) is 71.3 Å². The highest BCUT2D eigenvalue weighted by Crippen LogP contribution is 2.55. The van der Waals surface area contributed by atoms with Gasteiger partial charge in [-0.15, -0.1) is 19.2 Å². The Hall–Kier alpha value is 0.110. The van der Waals surface area contributed by atoms with Crippen LogP contribution in [0.5, 0.6) is 0 Å². The molecule has 0 N–H and O–H groups in total. The van der Waals surface area contributed by atoms with Gasteiger partial charge >= 0.3 is 0 Å². The van der Waals surface area contributed by atoms with Gasteiger partial charge in [0.25, 0.3) is 0 Å². The molecule has 1 aliphatic rings. The molecule has 0 aromatic rings. The van der Waals surface area contributed by atoms with E-state index in [4.69, 9.17) is 4.18 Å². The summed E-state index contributed by atoms with van der Waals surface area (Å²) >= 11 is 0. The average Bonchev–Trinajstić information content (AvgIpc) is 2.67. The lowest BCUT2D eigenvalue weighted by molar-refractivity contribution is -0.110. The van der Waals surface area contributed by atoms with Crippen molar-refractivity contribution < 1.29 is 8.98 Å². The lowest BCUT2D eigenvalue weighted by Gasteiger charge is -2.45. The van der Waals surface area contributed by atoms with Gasteiger partial charge < -0.3 is 8.98 Å². The molecule has 0 saturated carbocycles. The molecule has 1 rings (SSSR count). The quantitative estimate of drug-likeness (QED) is 0.553. The summed E-state index contributed by atoms with van der Waals surface area (Å²) in [4.78, 5) is 13.6. The van der Waals surface area contributed by atoms with Crippen LogP contribution in [0.2, 0.25) is 0 Å². The topological polar surface area (TPSA) is 29.5 Å². The van der Waals surface area contributed by atoms with E-state index < -0.39 is 10.3 Å². The molecule has 0 amide bonds. The molecule has 0 unspecified atom stereocenters. The number of aldehydes is 1. The van der Waals surface area contributed by atoms with Crippen LogP contribution in [0.25, 0.3) is 0 Å². The number of likely N-dealkylation sites (tertiary alicyclic amines) is 1. The van der Waals surface area contributed by atoms with E-state index in [2.05, 4.69) is 67.8 Å². The summed E-state index contributed by atoms with van der Waals surface area (Å²) in [7, 11) is 2.60. The Morgan fingerprint density at radius 3 is 2.23 bits per heavy atom. The first-order valence-corrected chi connectivity index (χ1v) is 10.8. The van der Waals surface area contributed by atoms with Crippen molar-refractivity contribution in [1.29, 1.82) is 0 Å². The number of rotatable bonds is 5. The minimum atomic E-state index is -1.16. The minimum Gasteiger partial charge on any atom is -0.332 e. The van der Waals surface area contributed by atoms with Crippen LogP contribution in [-0.2, 0) is 8.98 Å². The maximum Gasteiger partial charge on any atom is 0.137 e. The third-order valence-electron chi connectivity index (χ3n) is 4.36. The molecule has 1 saturated heterocycles. The lowest BCUT2D eigenvalue weighted by atomic mass is 9.92. The highest BCUT2D eigenvalue weighted by Gasteiger charge is 2.39. The van der Waals surface area contributed by atoms with Crippen molar-refractivity contribution in [2.24, 2.45) is 5.41 Å². The summed E-state index contributed by atoms with van der Waals surface area (Å²) in [6, 6.07) is -0.0741. The summed E-state index contributed by atoms with van der Waals surface area (Å²) in [5, 5.41) is 0. The summed E-state index contributed by atoms with van der Waals surface area (Å²) < 4.78 is 6.60. The molecule has 22 heavy (non-hydrogen) atoms. The molecule has 0 radical (unpaired) electrons. The summed E-state index contributed by atoms with van der Waals surface area (Å²) in [5.41, 5.74) is 1.30. The van der Waals surface area contributed by atoms with Gasteiger partial charge in [-0.2, -0.15) is 0 Å². The lowest BCUT2D eigenvalue weighted by Crippen LogP contribution is -2.37. The summed E-state index contributed by atoms with van der Waals surface area (Å²) in [6.45, 7) is 14.1. The first-order chi connectivity index (χ1) is 9.77.